The van der Waals surface area contributed by atoms with Crippen LogP contribution in [-0.2, 0) is 9.59 Å². The fourth-order valence-electron chi connectivity index (χ4n) is 0.851. The van der Waals surface area contributed by atoms with Crippen molar-refractivity contribution < 1.29 is 9.59 Å². The molecule has 0 spiro atoms. The van der Waals surface area contributed by atoms with Gasteiger partial charge in [-0.3, -0.25) is 9.59 Å². The molecule has 0 saturated heterocycles. The Bertz CT molecular complexity index is 218. The van der Waals surface area contributed by atoms with Crippen LogP contribution in [0.1, 0.15) is 6.92 Å². The summed E-state index contributed by atoms with van der Waals surface area (Å²) in [6.45, 7) is 1.50. The maximum atomic E-state index is 10.8. The molecule has 1 aliphatic rings. The quantitative estimate of drug-likeness (QED) is 0.418. The van der Waals surface area contributed by atoms with Crippen molar-refractivity contribution in [3.63, 3.8) is 0 Å². The third-order valence-corrected chi connectivity index (χ3v) is 1.61. The van der Waals surface area contributed by atoms with E-state index in [0.29, 0.717) is 0 Å². The molecule has 0 amide bonds. The molecule has 0 aliphatic heterocycles. The number of carbonyl (C=O) groups excluding carboxylic acids is 2. The Morgan fingerprint density at radius 3 is 1.50 bits per heavy atom. The van der Waals surface area contributed by atoms with Crippen molar-refractivity contribution in [3.8, 4) is 0 Å². The van der Waals surface area contributed by atoms with E-state index in [1.807, 2.05) is 0 Å². The average Bonchev–Trinajstić information content (AvgIpc) is 2.07. The first-order valence-electron chi connectivity index (χ1n) is 2.89. The molecule has 0 atom stereocenters. The van der Waals surface area contributed by atoms with E-state index in [1.165, 1.54) is 6.92 Å². The van der Waals surface area contributed by atoms with Gasteiger partial charge in [0.2, 0.25) is 0 Å². The van der Waals surface area contributed by atoms with Crippen LogP contribution in [0.15, 0.2) is 11.4 Å². The van der Waals surface area contributed by atoms with Crippen LogP contribution in [-0.4, -0.2) is 11.6 Å². The van der Waals surface area contributed by atoms with E-state index in [9.17, 15) is 9.59 Å². The summed E-state index contributed by atoms with van der Waals surface area (Å²) in [4.78, 5) is 21.7. The highest BCUT2D eigenvalue weighted by molar-refractivity contribution is 6.23. The summed E-state index contributed by atoms with van der Waals surface area (Å²) in [5.74, 6) is -1.38. The zero-order valence-corrected chi connectivity index (χ0v) is 5.55. The van der Waals surface area contributed by atoms with Gasteiger partial charge in [0.15, 0.2) is 11.6 Å². The molecule has 0 fully saturated rings. The van der Waals surface area contributed by atoms with Crippen molar-refractivity contribution in [2.75, 3.05) is 0 Å². The molecule has 4 nitrogen and oxygen atoms in total. The summed E-state index contributed by atoms with van der Waals surface area (Å²) in [7, 11) is 0. The lowest BCUT2D eigenvalue weighted by atomic mass is 10.1. The maximum absolute atomic E-state index is 10.8. The van der Waals surface area contributed by atoms with Crippen LogP contribution in [0.5, 0.6) is 0 Å². The molecule has 1 aliphatic carbocycles. The van der Waals surface area contributed by atoms with Gasteiger partial charge >= 0.3 is 0 Å². The molecule has 10 heavy (non-hydrogen) atoms. The van der Waals surface area contributed by atoms with Crippen molar-refractivity contribution in [2.24, 2.45) is 17.4 Å². The van der Waals surface area contributed by atoms with E-state index in [0.717, 1.165) is 0 Å². The number of Topliss-reactive ketones (excluding diaryl/α,β-unsaturated/α-hetero) is 2. The van der Waals surface area contributed by atoms with Gasteiger partial charge in [-0.15, -0.1) is 0 Å². The van der Waals surface area contributed by atoms with Gasteiger partial charge in [0.1, 0.15) is 11.4 Å². The van der Waals surface area contributed by atoms with Gasteiger partial charge in [0.05, 0.1) is 5.92 Å². The Morgan fingerprint density at radius 2 is 1.40 bits per heavy atom. The third kappa shape index (κ3) is 0.618. The lowest BCUT2D eigenvalue weighted by Crippen LogP contribution is -2.16. The van der Waals surface area contributed by atoms with Gasteiger partial charge in [-0.2, -0.15) is 0 Å². The van der Waals surface area contributed by atoms with E-state index in [2.05, 4.69) is 0 Å². The molecule has 0 unspecified atom stereocenters. The largest absolute Gasteiger partial charge is 0.394 e. The smallest absolute Gasteiger partial charge is 0.191 e. The molecule has 0 aromatic rings. The molecule has 0 radical (unpaired) electrons. The van der Waals surface area contributed by atoms with E-state index >= 15 is 0 Å². The zero-order valence-electron chi connectivity index (χ0n) is 5.55. The molecule has 54 valence electrons. The predicted molar refractivity (Wildman–Crippen MR) is 34.6 cm³/mol. The standard InChI is InChI=1S/C6H8N2O2/c1-2-5(9)3(7)4(8)6(2)10/h2H,7-8H2,1H3. The van der Waals surface area contributed by atoms with Gasteiger partial charge in [-0.05, 0) is 6.92 Å². The summed E-state index contributed by atoms with van der Waals surface area (Å²) in [5, 5.41) is 0. The summed E-state index contributed by atoms with van der Waals surface area (Å²) in [5.41, 5.74) is 10.2. The highest BCUT2D eigenvalue weighted by atomic mass is 16.2. The second kappa shape index (κ2) is 1.83. The first kappa shape index (κ1) is 6.80. The molecular weight excluding hydrogens is 132 g/mol. The number of nitrogens with two attached hydrogens (primary N) is 2. The molecule has 0 aromatic carbocycles. The molecule has 0 saturated carbocycles. The number of ketones is 2. The van der Waals surface area contributed by atoms with E-state index < -0.39 is 5.92 Å². The van der Waals surface area contributed by atoms with Gasteiger partial charge in [0, 0.05) is 0 Å². The van der Waals surface area contributed by atoms with Crippen molar-refractivity contribution in [1.29, 1.82) is 0 Å². The van der Waals surface area contributed by atoms with Crippen molar-refractivity contribution in [3.05, 3.63) is 11.4 Å². The van der Waals surface area contributed by atoms with Crippen LogP contribution in [0.2, 0.25) is 0 Å². The minimum atomic E-state index is -0.667. The van der Waals surface area contributed by atoms with Crippen molar-refractivity contribution in [1.82, 2.24) is 0 Å². The number of hydrogen-bond acceptors (Lipinski definition) is 4. The van der Waals surface area contributed by atoms with Gasteiger partial charge in [-0.1, -0.05) is 0 Å². The summed E-state index contributed by atoms with van der Waals surface area (Å²) >= 11 is 0. The third-order valence-electron chi connectivity index (χ3n) is 1.61. The first-order chi connectivity index (χ1) is 4.55. The second-order valence-corrected chi connectivity index (χ2v) is 2.28. The fraction of sp³-hybridized carbons (Fsp3) is 0.333. The predicted octanol–water partition coefficient (Wildman–Crippen LogP) is -1.10. The molecular formula is C6H8N2O2. The maximum Gasteiger partial charge on any atom is 0.191 e. The van der Waals surface area contributed by atoms with Gasteiger partial charge < -0.3 is 11.5 Å². The molecule has 0 aromatic heterocycles. The van der Waals surface area contributed by atoms with E-state index in [1.54, 1.807) is 0 Å². The van der Waals surface area contributed by atoms with E-state index in [4.69, 9.17) is 11.5 Å². The number of rotatable bonds is 0. The summed E-state index contributed by atoms with van der Waals surface area (Å²) < 4.78 is 0. The van der Waals surface area contributed by atoms with Gasteiger partial charge in [0.25, 0.3) is 0 Å². The Labute approximate surface area is 57.9 Å². The topological polar surface area (TPSA) is 86.2 Å². The van der Waals surface area contributed by atoms with Crippen LogP contribution in [0, 0.1) is 5.92 Å². The van der Waals surface area contributed by atoms with Gasteiger partial charge in [-0.25, -0.2) is 0 Å². The highest BCUT2D eigenvalue weighted by Crippen LogP contribution is 2.16. The Kier molecular flexibility index (Phi) is 1.24. The number of carbonyl (C=O) groups is 2. The fourth-order valence-corrected chi connectivity index (χ4v) is 0.851. The first-order valence-corrected chi connectivity index (χ1v) is 2.89. The monoisotopic (exact) mass is 140 g/mol. The normalized spacial score (nSPS) is 20.9. The summed E-state index contributed by atoms with van der Waals surface area (Å²) in [6, 6.07) is 0. The van der Waals surface area contributed by atoms with E-state index in [-0.39, 0.29) is 23.0 Å². The van der Waals surface area contributed by atoms with Crippen LogP contribution in [0.4, 0.5) is 0 Å². The Balaban J connectivity index is 3.11. The zero-order chi connectivity index (χ0) is 7.89. The SMILES string of the molecule is CC1C(=O)C(N)=C(N)C1=O. The number of allylic oxidation sites excluding steroid dienone is 2. The minimum absolute atomic E-state index is 0.0856. The van der Waals surface area contributed by atoms with Crippen molar-refractivity contribution in [2.45, 2.75) is 6.92 Å². The highest BCUT2D eigenvalue weighted by Gasteiger charge is 2.34. The Morgan fingerprint density at radius 1 is 1.10 bits per heavy atom. The van der Waals surface area contributed by atoms with Crippen LogP contribution in [0.25, 0.3) is 0 Å². The molecule has 1 rings (SSSR count). The molecule has 4 heteroatoms. The molecule has 0 heterocycles. The van der Waals surface area contributed by atoms with Crippen LogP contribution in [0.3, 0.4) is 0 Å². The summed E-state index contributed by atoms with van der Waals surface area (Å²) in [6.07, 6.45) is 0. The minimum Gasteiger partial charge on any atom is -0.394 e. The second-order valence-electron chi connectivity index (χ2n) is 2.28. The molecule has 0 bridgehead atoms. The van der Waals surface area contributed by atoms with Crippen LogP contribution < -0.4 is 11.5 Å². The lowest BCUT2D eigenvalue weighted by Gasteiger charge is -1.93. The lowest BCUT2D eigenvalue weighted by molar-refractivity contribution is -0.125. The molecule has 4 N–H and O–H groups in total. The van der Waals surface area contributed by atoms with Crippen molar-refractivity contribution >= 4 is 11.6 Å². The van der Waals surface area contributed by atoms with Crippen LogP contribution >= 0.6 is 0 Å². The average molecular weight is 140 g/mol. The Hall–Kier alpha value is -1.32. The number of hydrogen-bond donors (Lipinski definition) is 2.